The minimum absolute atomic E-state index is 0.583. The monoisotopic (exact) mass is 202 g/mol. The lowest BCUT2D eigenvalue weighted by atomic mass is 10.3. The third-order valence-electron chi connectivity index (χ3n) is 3.37. The third-order valence-corrected chi connectivity index (χ3v) is 6.65. The maximum absolute atomic E-state index is 5.46. The van der Waals surface area contributed by atoms with Gasteiger partial charge < -0.3 is 13.3 Å². The van der Waals surface area contributed by atoms with Crippen LogP contribution < -0.4 is 0 Å². The molecule has 76 valence electrons. The Labute approximate surface area is 80.7 Å². The van der Waals surface area contributed by atoms with Gasteiger partial charge in [0.05, 0.1) is 0 Å². The zero-order valence-electron chi connectivity index (χ0n) is 8.58. The second kappa shape index (κ2) is 3.35. The van der Waals surface area contributed by atoms with E-state index in [1.807, 2.05) is 0 Å². The normalized spacial score (nSPS) is 33.5. The highest BCUT2D eigenvalue weighted by Gasteiger charge is 2.63. The van der Waals surface area contributed by atoms with Gasteiger partial charge in [-0.15, -0.1) is 0 Å². The summed E-state index contributed by atoms with van der Waals surface area (Å²) in [5.41, 5.74) is 0.583. The van der Waals surface area contributed by atoms with Gasteiger partial charge in [-0.3, -0.25) is 0 Å². The Kier molecular flexibility index (Phi) is 2.48. The van der Waals surface area contributed by atoms with Gasteiger partial charge in [-0.1, -0.05) is 0 Å². The zero-order valence-corrected chi connectivity index (χ0v) is 9.58. The first-order chi connectivity index (χ1) is 6.27. The SMILES string of the molecule is CO[Si](OC)(OC)C1CC1C1CC1. The summed E-state index contributed by atoms with van der Waals surface area (Å²) in [4.78, 5) is 0. The third kappa shape index (κ3) is 1.56. The molecule has 0 spiro atoms. The molecule has 0 aromatic carbocycles. The molecule has 0 radical (unpaired) electrons. The second-order valence-electron chi connectivity index (χ2n) is 4.06. The van der Waals surface area contributed by atoms with E-state index in [0.717, 1.165) is 11.8 Å². The van der Waals surface area contributed by atoms with Gasteiger partial charge in [-0.2, -0.15) is 0 Å². The Bertz CT molecular complexity index is 181. The Morgan fingerprint density at radius 3 is 1.92 bits per heavy atom. The fraction of sp³-hybridized carbons (Fsp3) is 1.00. The van der Waals surface area contributed by atoms with Crippen molar-refractivity contribution in [3.8, 4) is 0 Å². The first-order valence-corrected chi connectivity index (χ1v) is 6.73. The molecule has 2 atom stereocenters. The van der Waals surface area contributed by atoms with Crippen molar-refractivity contribution in [1.29, 1.82) is 0 Å². The molecule has 3 nitrogen and oxygen atoms in total. The van der Waals surface area contributed by atoms with Gasteiger partial charge in [0.2, 0.25) is 0 Å². The number of rotatable bonds is 5. The van der Waals surface area contributed by atoms with Crippen LogP contribution >= 0.6 is 0 Å². The van der Waals surface area contributed by atoms with Crippen LogP contribution in [0, 0.1) is 11.8 Å². The fourth-order valence-corrected chi connectivity index (χ4v) is 5.14. The molecule has 2 aliphatic rings. The predicted molar refractivity (Wildman–Crippen MR) is 51.4 cm³/mol. The first kappa shape index (κ1) is 9.64. The molecule has 2 saturated carbocycles. The average molecular weight is 202 g/mol. The van der Waals surface area contributed by atoms with Crippen LogP contribution in [0.15, 0.2) is 0 Å². The summed E-state index contributed by atoms with van der Waals surface area (Å²) in [5.74, 6) is 1.80. The van der Waals surface area contributed by atoms with Gasteiger partial charge in [-0.25, -0.2) is 0 Å². The van der Waals surface area contributed by atoms with Crippen LogP contribution in [0.1, 0.15) is 19.3 Å². The van der Waals surface area contributed by atoms with Crippen molar-refractivity contribution >= 4 is 8.80 Å². The standard InChI is InChI=1S/C9H18O3Si/c1-10-13(11-2,12-3)9-6-8(9)7-4-5-7/h7-9H,4-6H2,1-3H3. The lowest BCUT2D eigenvalue weighted by Crippen LogP contribution is -2.44. The first-order valence-electron chi connectivity index (χ1n) is 4.93. The Hall–Kier alpha value is 0.0969. The summed E-state index contributed by atoms with van der Waals surface area (Å²) in [6.07, 6.45) is 4.07. The smallest absolute Gasteiger partial charge is 0.377 e. The molecule has 0 saturated heterocycles. The van der Waals surface area contributed by atoms with E-state index in [-0.39, 0.29) is 0 Å². The summed E-state index contributed by atoms with van der Waals surface area (Å²) in [6, 6.07) is 0. The lowest BCUT2D eigenvalue weighted by Gasteiger charge is -2.24. The van der Waals surface area contributed by atoms with Crippen LogP contribution in [0.3, 0.4) is 0 Å². The van der Waals surface area contributed by atoms with Crippen molar-refractivity contribution < 1.29 is 13.3 Å². The van der Waals surface area contributed by atoms with E-state index in [1.165, 1.54) is 19.3 Å². The van der Waals surface area contributed by atoms with Gasteiger partial charge in [0.1, 0.15) is 0 Å². The lowest BCUT2D eigenvalue weighted by molar-refractivity contribution is 0.119. The molecule has 2 fully saturated rings. The fourth-order valence-electron chi connectivity index (χ4n) is 2.37. The van der Waals surface area contributed by atoms with E-state index < -0.39 is 8.80 Å². The maximum atomic E-state index is 5.46. The van der Waals surface area contributed by atoms with Crippen LogP contribution in [0.2, 0.25) is 5.54 Å². The Morgan fingerprint density at radius 2 is 1.54 bits per heavy atom. The van der Waals surface area contributed by atoms with Crippen LogP contribution in [0.4, 0.5) is 0 Å². The van der Waals surface area contributed by atoms with Crippen molar-refractivity contribution in [1.82, 2.24) is 0 Å². The zero-order chi connectivity index (χ0) is 9.47. The minimum atomic E-state index is -2.27. The van der Waals surface area contributed by atoms with E-state index in [2.05, 4.69) is 0 Å². The highest BCUT2D eigenvalue weighted by molar-refractivity contribution is 6.63. The molecule has 0 aromatic heterocycles. The summed E-state index contributed by atoms with van der Waals surface area (Å²) >= 11 is 0. The van der Waals surface area contributed by atoms with E-state index in [1.54, 1.807) is 21.3 Å². The molecular formula is C9H18O3Si. The molecular weight excluding hydrogens is 184 g/mol. The van der Waals surface area contributed by atoms with Crippen molar-refractivity contribution in [2.45, 2.75) is 24.8 Å². The van der Waals surface area contributed by atoms with Crippen LogP contribution in [0.5, 0.6) is 0 Å². The Balaban J connectivity index is 1.96. The largest absolute Gasteiger partial charge is 0.503 e. The molecule has 2 rings (SSSR count). The van der Waals surface area contributed by atoms with Crippen LogP contribution in [0.25, 0.3) is 0 Å². The van der Waals surface area contributed by atoms with E-state index in [9.17, 15) is 0 Å². The van der Waals surface area contributed by atoms with E-state index >= 15 is 0 Å². The molecule has 0 amide bonds. The molecule has 0 heterocycles. The van der Waals surface area contributed by atoms with Gasteiger partial charge in [0.25, 0.3) is 0 Å². The summed E-state index contributed by atoms with van der Waals surface area (Å²) < 4.78 is 16.4. The van der Waals surface area contributed by atoms with Crippen molar-refractivity contribution in [2.24, 2.45) is 11.8 Å². The minimum Gasteiger partial charge on any atom is -0.377 e. The maximum Gasteiger partial charge on any atom is 0.503 e. The molecule has 4 heteroatoms. The van der Waals surface area contributed by atoms with E-state index in [4.69, 9.17) is 13.3 Å². The molecule has 0 bridgehead atoms. The molecule has 2 aliphatic carbocycles. The highest BCUT2D eigenvalue weighted by Crippen LogP contribution is 2.62. The molecule has 0 aliphatic heterocycles. The number of hydrogen-bond acceptors (Lipinski definition) is 3. The highest BCUT2D eigenvalue weighted by atomic mass is 28.4. The van der Waals surface area contributed by atoms with Gasteiger partial charge in [0.15, 0.2) is 0 Å². The summed E-state index contributed by atoms with van der Waals surface area (Å²) in [6.45, 7) is 0. The predicted octanol–water partition coefficient (Wildman–Crippen LogP) is 1.66. The topological polar surface area (TPSA) is 27.7 Å². The summed E-state index contributed by atoms with van der Waals surface area (Å²) in [5, 5.41) is 0. The summed E-state index contributed by atoms with van der Waals surface area (Å²) in [7, 11) is 2.86. The molecule has 0 aromatic rings. The Morgan fingerprint density at radius 1 is 1.00 bits per heavy atom. The van der Waals surface area contributed by atoms with Gasteiger partial charge in [0, 0.05) is 26.9 Å². The molecule has 0 N–H and O–H groups in total. The van der Waals surface area contributed by atoms with Gasteiger partial charge >= 0.3 is 8.80 Å². The average Bonchev–Trinajstić information content (AvgIpc) is 3.01. The quantitative estimate of drug-likeness (QED) is 0.635. The number of hydrogen-bond donors (Lipinski definition) is 0. The van der Waals surface area contributed by atoms with Crippen molar-refractivity contribution in [3.05, 3.63) is 0 Å². The van der Waals surface area contributed by atoms with Crippen LogP contribution in [-0.4, -0.2) is 30.1 Å². The molecule has 13 heavy (non-hydrogen) atoms. The van der Waals surface area contributed by atoms with E-state index in [0.29, 0.717) is 5.54 Å². The van der Waals surface area contributed by atoms with Gasteiger partial charge in [-0.05, 0) is 31.1 Å². The molecule has 2 unspecified atom stereocenters. The van der Waals surface area contributed by atoms with Crippen molar-refractivity contribution in [3.63, 3.8) is 0 Å². The van der Waals surface area contributed by atoms with Crippen molar-refractivity contribution in [2.75, 3.05) is 21.3 Å². The van der Waals surface area contributed by atoms with Crippen LogP contribution in [-0.2, 0) is 13.3 Å². The second-order valence-corrected chi connectivity index (χ2v) is 7.23.